The van der Waals surface area contributed by atoms with Crippen molar-refractivity contribution in [3.05, 3.63) is 66.1 Å². The molecule has 158 valence electrons. The van der Waals surface area contributed by atoms with E-state index in [1.54, 1.807) is 0 Å². The number of thiophene rings is 2. The van der Waals surface area contributed by atoms with Crippen LogP contribution in [-0.4, -0.2) is 0 Å². The van der Waals surface area contributed by atoms with Crippen molar-refractivity contribution in [2.24, 2.45) is 0 Å². The molecule has 2 heteroatoms. The summed E-state index contributed by atoms with van der Waals surface area (Å²) in [5, 5.41) is 4.19. The predicted molar refractivity (Wildman–Crippen MR) is 144 cm³/mol. The van der Waals surface area contributed by atoms with Crippen molar-refractivity contribution in [3.8, 4) is 0 Å². The highest BCUT2D eigenvalue weighted by Gasteiger charge is 2.13. The smallest absolute Gasteiger partial charge is 0.0534 e. The van der Waals surface area contributed by atoms with E-state index in [1.165, 1.54) is 40.7 Å². The second-order valence-corrected chi connectivity index (χ2v) is 7.58. The zero-order chi connectivity index (χ0) is 22.4. The average molecular weight is 427 g/mol. The van der Waals surface area contributed by atoms with Crippen LogP contribution in [0.25, 0.3) is 36.3 Å². The van der Waals surface area contributed by atoms with E-state index in [0.717, 1.165) is 6.42 Å². The van der Waals surface area contributed by atoms with Gasteiger partial charge in [-0.25, -0.2) is 0 Å². The Morgan fingerprint density at radius 3 is 1.93 bits per heavy atom. The molecule has 0 bridgehead atoms. The monoisotopic (exact) mass is 426 g/mol. The molecule has 0 amide bonds. The summed E-state index contributed by atoms with van der Waals surface area (Å²) in [6.07, 6.45) is 5.62. The van der Waals surface area contributed by atoms with Gasteiger partial charge in [-0.2, -0.15) is 0 Å². The predicted octanol–water partition coefficient (Wildman–Crippen LogP) is 10.9. The van der Waals surface area contributed by atoms with E-state index in [0.29, 0.717) is 0 Å². The summed E-state index contributed by atoms with van der Waals surface area (Å²) in [6.45, 7) is 22.4. The Bertz CT molecular complexity index is 1000. The molecule has 0 unspecified atom stereocenters. The maximum absolute atomic E-state index is 3.00. The summed E-state index contributed by atoms with van der Waals surface area (Å²) >= 11 is 3.86. The molecule has 0 atom stereocenters. The number of rotatable bonds is 2. The molecule has 2 heterocycles. The highest BCUT2D eigenvalue weighted by molar-refractivity contribution is 7.31. The molecular formula is C27H38S2. The Morgan fingerprint density at radius 2 is 1.31 bits per heavy atom. The number of allylic oxidation sites excluding steroid dienone is 1. The summed E-state index contributed by atoms with van der Waals surface area (Å²) in [6, 6.07) is 13.3. The Labute approximate surface area is 186 Å². The van der Waals surface area contributed by atoms with Crippen molar-refractivity contribution in [1.82, 2.24) is 0 Å². The van der Waals surface area contributed by atoms with Crippen molar-refractivity contribution in [3.63, 3.8) is 0 Å². The third-order valence-corrected chi connectivity index (χ3v) is 6.43. The molecule has 0 nitrogen and oxygen atoms in total. The lowest BCUT2D eigenvalue weighted by molar-refractivity contribution is 1.23. The third kappa shape index (κ3) is 6.04. The lowest BCUT2D eigenvalue weighted by Crippen LogP contribution is -1.72. The molecule has 0 aliphatic heterocycles. The van der Waals surface area contributed by atoms with Gasteiger partial charge in [0.1, 0.15) is 0 Å². The summed E-state index contributed by atoms with van der Waals surface area (Å²) in [5.74, 6) is 0. The highest BCUT2D eigenvalue weighted by Crippen LogP contribution is 2.43. The molecule has 0 saturated carbocycles. The maximum atomic E-state index is 3.00. The first-order valence-corrected chi connectivity index (χ1v) is 12.4. The van der Waals surface area contributed by atoms with Gasteiger partial charge in [-0.15, -0.1) is 35.8 Å². The summed E-state index contributed by atoms with van der Waals surface area (Å²) in [7, 11) is 0. The van der Waals surface area contributed by atoms with Gasteiger partial charge in [-0.05, 0) is 25.0 Å². The Balaban J connectivity index is 0.000000881. The van der Waals surface area contributed by atoms with E-state index in [-0.39, 0.29) is 0 Å². The molecule has 0 aliphatic rings. The maximum Gasteiger partial charge on any atom is 0.0534 e. The molecule has 0 fully saturated rings. The van der Waals surface area contributed by atoms with E-state index in [1.807, 2.05) is 64.2 Å². The first-order chi connectivity index (χ1) is 14.3. The lowest BCUT2D eigenvalue weighted by atomic mass is 10.1. The van der Waals surface area contributed by atoms with Gasteiger partial charge in [-0.1, -0.05) is 91.0 Å². The van der Waals surface area contributed by atoms with Crippen molar-refractivity contribution in [2.75, 3.05) is 0 Å². The summed E-state index contributed by atoms with van der Waals surface area (Å²) in [5.41, 5.74) is 1.40. The minimum atomic E-state index is 1.09. The van der Waals surface area contributed by atoms with Crippen LogP contribution >= 0.6 is 22.7 Å². The molecule has 0 saturated heterocycles. The van der Waals surface area contributed by atoms with Crippen LogP contribution in [0.2, 0.25) is 0 Å². The molecule has 2 aromatic heterocycles. The van der Waals surface area contributed by atoms with E-state index in [4.69, 9.17) is 0 Å². The number of hydrogen-bond acceptors (Lipinski definition) is 2. The molecule has 2 aromatic carbocycles. The topological polar surface area (TPSA) is 0 Å². The SMILES string of the molecule is C=C.CC.CC.CC.CC/C=C\c1c(C)sc2c1ccc1c3ccccc3sc12. The van der Waals surface area contributed by atoms with Gasteiger partial charge in [0, 0.05) is 25.7 Å². The first-order valence-electron chi connectivity index (χ1n) is 10.8. The Morgan fingerprint density at radius 1 is 0.759 bits per heavy atom. The van der Waals surface area contributed by atoms with Crippen molar-refractivity contribution in [2.45, 2.75) is 61.8 Å². The van der Waals surface area contributed by atoms with Gasteiger partial charge in [0.2, 0.25) is 0 Å². The quantitative estimate of drug-likeness (QED) is 0.279. The molecule has 0 radical (unpaired) electrons. The molecule has 4 rings (SSSR count). The zero-order valence-corrected chi connectivity index (χ0v) is 21.2. The van der Waals surface area contributed by atoms with Crippen LogP contribution < -0.4 is 0 Å². The fourth-order valence-electron chi connectivity index (χ4n) is 2.92. The molecule has 0 spiro atoms. The number of hydrogen-bond donors (Lipinski definition) is 0. The second-order valence-electron chi connectivity index (χ2n) is 5.30. The molecular weight excluding hydrogens is 388 g/mol. The van der Waals surface area contributed by atoms with Crippen molar-refractivity contribution < 1.29 is 0 Å². The molecule has 0 aliphatic carbocycles. The van der Waals surface area contributed by atoms with E-state index >= 15 is 0 Å². The van der Waals surface area contributed by atoms with Crippen molar-refractivity contribution >= 4 is 59.0 Å². The minimum Gasteiger partial charge on any atom is -0.138 e. The van der Waals surface area contributed by atoms with E-state index in [9.17, 15) is 0 Å². The van der Waals surface area contributed by atoms with Gasteiger partial charge >= 0.3 is 0 Å². The van der Waals surface area contributed by atoms with Crippen LogP contribution in [0.4, 0.5) is 0 Å². The fourth-order valence-corrected chi connectivity index (χ4v) is 5.40. The van der Waals surface area contributed by atoms with Gasteiger partial charge in [-0.3, -0.25) is 0 Å². The fraction of sp³-hybridized carbons (Fsp3) is 0.333. The van der Waals surface area contributed by atoms with Crippen molar-refractivity contribution in [1.29, 1.82) is 0 Å². The van der Waals surface area contributed by atoms with Gasteiger partial charge in [0.05, 0.1) is 9.40 Å². The van der Waals surface area contributed by atoms with Crippen LogP contribution in [0.15, 0.2) is 55.6 Å². The minimum absolute atomic E-state index is 1.09. The molecule has 29 heavy (non-hydrogen) atoms. The second kappa shape index (κ2) is 15.0. The number of aryl methyl sites for hydroxylation is 1. The van der Waals surface area contributed by atoms with Gasteiger partial charge < -0.3 is 0 Å². The third-order valence-electron chi connectivity index (χ3n) is 3.95. The lowest BCUT2D eigenvalue weighted by Gasteiger charge is -1.96. The van der Waals surface area contributed by atoms with Crippen LogP contribution in [0.5, 0.6) is 0 Å². The van der Waals surface area contributed by atoms with Crippen LogP contribution in [-0.2, 0) is 0 Å². The highest BCUT2D eigenvalue weighted by atomic mass is 32.1. The van der Waals surface area contributed by atoms with Crippen LogP contribution in [0, 0.1) is 6.92 Å². The number of benzene rings is 2. The average Bonchev–Trinajstić information content (AvgIpc) is 3.35. The van der Waals surface area contributed by atoms with Gasteiger partial charge in [0.15, 0.2) is 0 Å². The largest absolute Gasteiger partial charge is 0.138 e. The van der Waals surface area contributed by atoms with Gasteiger partial charge in [0.25, 0.3) is 0 Å². The standard InChI is InChI=1S/C19H16S2.3C2H6.C2H4/c1-3-4-7-13-12(2)20-18-15(13)10-11-16-14-8-5-6-9-17(14)21-19(16)18;4*1-2/h4-11H,3H2,1-2H3;3*1-2H3;1-2H2/b7-4-;;;;. The van der Waals surface area contributed by atoms with Crippen LogP contribution in [0.3, 0.4) is 0 Å². The summed E-state index contributed by atoms with van der Waals surface area (Å²) < 4.78 is 4.27. The first kappa shape index (κ1) is 27.1. The van der Waals surface area contributed by atoms with Crippen LogP contribution in [0.1, 0.15) is 65.3 Å². The Hall–Kier alpha value is -1.90. The Kier molecular flexibility index (Phi) is 14.0. The number of fused-ring (bicyclic) bond motifs is 5. The molecule has 4 aromatic rings. The normalized spacial score (nSPS) is 9.66. The van der Waals surface area contributed by atoms with E-state index in [2.05, 4.69) is 75.6 Å². The van der Waals surface area contributed by atoms with E-state index < -0.39 is 0 Å². The summed E-state index contributed by atoms with van der Waals surface area (Å²) in [4.78, 5) is 1.42. The zero-order valence-electron chi connectivity index (χ0n) is 19.6. The molecule has 0 N–H and O–H groups in total.